The minimum atomic E-state index is -3.16. The molecule has 0 aromatic heterocycles. The SMILES string of the molecule is COCCC(C)NS(=O)(=O)C1CCNCC1. The van der Waals surface area contributed by atoms with Crippen LogP contribution in [0.1, 0.15) is 26.2 Å². The van der Waals surface area contributed by atoms with E-state index in [-0.39, 0.29) is 11.3 Å². The fourth-order valence-electron chi connectivity index (χ4n) is 1.84. The van der Waals surface area contributed by atoms with E-state index in [4.69, 9.17) is 4.74 Å². The van der Waals surface area contributed by atoms with Gasteiger partial charge in [-0.2, -0.15) is 0 Å². The van der Waals surface area contributed by atoms with E-state index in [0.29, 0.717) is 25.9 Å². The van der Waals surface area contributed by atoms with Crippen LogP contribution in [0.5, 0.6) is 0 Å². The summed E-state index contributed by atoms with van der Waals surface area (Å²) in [6.07, 6.45) is 2.11. The molecular formula is C10H22N2O3S. The molecule has 0 spiro atoms. The van der Waals surface area contributed by atoms with Crippen LogP contribution in [0.25, 0.3) is 0 Å². The minimum Gasteiger partial charge on any atom is -0.385 e. The van der Waals surface area contributed by atoms with Crippen LogP contribution < -0.4 is 10.0 Å². The number of sulfonamides is 1. The summed E-state index contributed by atoms with van der Waals surface area (Å²) >= 11 is 0. The van der Waals surface area contributed by atoms with E-state index in [2.05, 4.69) is 10.0 Å². The Morgan fingerprint density at radius 3 is 2.62 bits per heavy atom. The largest absolute Gasteiger partial charge is 0.385 e. The molecule has 1 rings (SSSR count). The lowest BCUT2D eigenvalue weighted by Gasteiger charge is -2.24. The molecule has 0 aromatic rings. The normalized spacial score (nSPS) is 20.9. The van der Waals surface area contributed by atoms with E-state index in [1.54, 1.807) is 7.11 Å². The van der Waals surface area contributed by atoms with Gasteiger partial charge in [-0.3, -0.25) is 0 Å². The van der Waals surface area contributed by atoms with E-state index in [9.17, 15) is 8.42 Å². The highest BCUT2D eigenvalue weighted by atomic mass is 32.2. The van der Waals surface area contributed by atoms with Crippen molar-refractivity contribution in [3.8, 4) is 0 Å². The van der Waals surface area contributed by atoms with Gasteiger partial charge in [0.2, 0.25) is 10.0 Å². The highest BCUT2D eigenvalue weighted by molar-refractivity contribution is 7.90. The molecular weight excluding hydrogens is 228 g/mol. The van der Waals surface area contributed by atoms with Crippen LogP contribution in [-0.4, -0.2) is 46.5 Å². The second kappa shape index (κ2) is 6.54. The number of ether oxygens (including phenoxy) is 1. The molecule has 96 valence electrons. The molecule has 5 nitrogen and oxygen atoms in total. The van der Waals surface area contributed by atoms with Crippen LogP contribution >= 0.6 is 0 Å². The van der Waals surface area contributed by atoms with Crippen molar-refractivity contribution in [2.75, 3.05) is 26.8 Å². The predicted octanol–water partition coefficient (Wildman–Crippen LogP) is 0.0828. The van der Waals surface area contributed by atoms with Gasteiger partial charge in [-0.15, -0.1) is 0 Å². The Morgan fingerprint density at radius 2 is 2.06 bits per heavy atom. The molecule has 1 aliphatic rings. The Hall–Kier alpha value is -0.170. The highest BCUT2D eigenvalue weighted by Crippen LogP contribution is 2.12. The fraction of sp³-hybridized carbons (Fsp3) is 1.00. The van der Waals surface area contributed by atoms with E-state index in [0.717, 1.165) is 13.1 Å². The Kier molecular flexibility index (Phi) is 5.68. The molecule has 2 N–H and O–H groups in total. The molecule has 0 saturated carbocycles. The number of nitrogens with one attached hydrogen (secondary N) is 2. The van der Waals surface area contributed by atoms with Gasteiger partial charge in [-0.1, -0.05) is 0 Å². The summed E-state index contributed by atoms with van der Waals surface area (Å²) in [5.74, 6) is 0. The summed E-state index contributed by atoms with van der Waals surface area (Å²) in [4.78, 5) is 0. The molecule has 1 unspecified atom stereocenters. The second-order valence-electron chi connectivity index (χ2n) is 4.29. The molecule has 1 heterocycles. The van der Waals surface area contributed by atoms with Crippen LogP contribution in [0.2, 0.25) is 0 Å². The van der Waals surface area contributed by atoms with Gasteiger partial charge in [0.1, 0.15) is 0 Å². The third-order valence-electron chi connectivity index (χ3n) is 2.85. The molecule has 0 radical (unpaired) electrons. The summed E-state index contributed by atoms with van der Waals surface area (Å²) in [6, 6.07) is -0.0557. The summed E-state index contributed by atoms with van der Waals surface area (Å²) < 4.78 is 31.6. The average Bonchev–Trinajstić information content (AvgIpc) is 2.27. The zero-order valence-corrected chi connectivity index (χ0v) is 10.8. The quantitative estimate of drug-likeness (QED) is 0.701. The number of hydrogen-bond donors (Lipinski definition) is 2. The van der Waals surface area contributed by atoms with E-state index in [1.165, 1.54) is 0 Å². The Bertz CT molecular complexity index is 286. The Balaban J connectivity index is 2.43. The maximum Gasteiger partial charge on any atom is 0.214 e. The first-order chi connectivity index (χ1) is 7.56. The zero-order valence-electron chi connectivity index (χ0n) is 10.0. The van der Waals surface area contributed by atoms with Crippen molar-refractivity contribution in [2.24, 2.45) is 0 Å². The number of rotatable bonds is 6. The van der Waals surface area contributed by atoms with Crippen molar-refractivity contribution in [2.45, 2.75) is 37.5 Å². The smallest absolute Gasteiger partial charge is 0.214 e. The van der Waals surface area contributed by atoms with E-state index in [1.807, 2.05) is 6.92 Å². The van der Waals surface area contributed by atoms with Gasteiger partial charge in [0.05, 0.1) is 5.25 Å². The van der Waals surface area contributed by atoms with Gasteiger partial charge in [0.25, 0.3) is 0 Å². The van der Waals surface area contributed by atoms with Crippen LogP contribution in [0.4, 0.5) is 0 Å². The molecule has 0 amide bonds. The summed E-state index contributed by atoms with van der Waals surface area (Å²) in [7, 11) is -1.54. The Labute approximate surface area is 98.0 Å². The van der Waals surface area contributed by atoms with Gasteiger partial charge in [-0.25, -0.2) is 13.1 Å². The van der Waals surface area contributed by atoms with Crippen molar-refractivity contribution >= 4 is 10.0 Å². The fourth-order valence-corrected chi connectivity index (χ4v) is 3.56. The number of piperidine rings is 1. The molecule has 16 heavy (non-hydrogen) atoms. The van der Waals surface area contributed by atoms with Crippen molar-refractivity contribution in [1.29, 1.82) is 0 Å². The molecule has 1 fully saturated rings. The van der Waals surface area contributed by atoms with Crippen LogP contribution in [0, 0.1) is 0 Å². The molecule has 0 aliphatic carbocycles. The lowest BCUT2D eigenvalue weighted by Crippen LogP contribution is -2.44. The van der Waals surface area contributed by atoms with Crippen molar-refractivity contribution in [1.82, 2.24) is 10.0 Å². The van der Waals surface area contributed by atoms with Crippen molar-refractivity contribution in [3.05, 3.63) is 0 Å². The zero-order chi connectivity index (χ0) is 12.0. The maximum atomic E-state index is 12.0. The van der Waals surface area contributed by atoms with Gasteiger partial charge in [-0.05, 0) is 39.3 Å². The number of methoxy groups -OCH3 is 1. The predicted molar refractivity (Wildman–Crippen MR) is 63.9 cm³/mol. The highest BCUT2D eigenvalue weighted by Gasteiger charge is 2.27. The first-order valence-electron chi connectivity index (χ1n) is 5.77. The molecule has 0 aromatic carbocycles. The Morgan fingerprint density at radius 1 is 1.44 bits per heavy atom. The van der Waals surface area contributed by atoms with E-state index >= 15 is 0 Å². The summed E-state index contributed by atoms with van der Waals surface area (Å²) in [5.41, 5.74) is 0. The van der Waals surface area contributed by atoms with Gasteiger partial charge >= 0.3 is 0 Å². The molecule has 1 saturated heterocycles. The van der Waals surface area contributed by atoms with Crippen LogP contribution in [-0.2, 0) is 14.8 Å². The number of hydrogen-bond acceptors (Lipinski definition) is 4. The molecule has 1 atom stereocenters. The van der Waals surface area contributed by atoms with Crippen LogP contribution in [0.3, 0.4) is 0 Å². The second-order valence-corrected chi connectivity index (χ2v) is 6.29. The summed E-state index contributed by atoms with van der Waals surface area (Å²) in [6.45, 7) is 4.03. The lowest BCUT2D eigenvalue weighted by molar-refractivity contribution is 0.188. The third-order valence-corrected chi connectivity index (χ3v) is 4.93. The molecule has 0 bridgehead atoms. The first kappa shape index (κ1) is 13.9. The minimum absolute atomic E-state index is 0.0557. The first-order valence-corrected chi connectivity index (χ1v) is 7.31. The van der Waals surface area contributed by atoms with Crippen molar-refractivity contribution < 1.29 is 13.2 Å². The topological polar surface area (TPSA) is 67.4 Å². The molecule has 6 heteroatoms. The average molecular weight is 250 g/mol. The van der Waals surface area contributed by atoms with Crippen molar-refractivity contribution in [3.63, 3.8) is 0 Å². The summed E-state index contributed by atoms with van der Waals surface area (Å²) in [5, 5.41) is 2.92. The van der Waals surface area contributed by atoms with E-state index < -0.39 is 10.0 Å². The standard InChI is InChI=1S/C10H22N2O3S/c1-9(5-8-15-2)12-16(13,14)10-3-6-11-7-4-10/h9-12H,3-8H2,1-2H3. The van der Waals surface area contributed by atoms with Crippen LogP contribution in [0.15, 0.2) is 0 Å². The monoisotopic (exact) mass is 250 g/mol. The van der Waals surface area contributed by atoms with Gasteiger partial charge < -0.3 is 10.1 Å². The lowest BCUT2D eigenvalue weighted by atomic mass is 10.2. The van der Waals surface area contributed by atoms with Gasteiger partial charge in [0.15, 0.2) is 0 Å². The maximum absolute atomic E-state index is 12.0. The van der Waals surface area contributed by atoms with Gasteiger partial charge in [0, 0.05) is 19.8 Å². The third kappa shape index (κ3) is 4.37. The molecule has 1 aliphatic heterocycles.